The van der Waals surface area contributed by atoms with Crippen molar-refractivity contribution in [2.24, 2.45) is 11.8 Å². The Morgan fingerprint density at radius 3 is 2.65 bits per heavy atom. The molecule has 2 atom stereocenters. The SMILES string of the molecule is CCC1CC(C)Cc2sc(NCCCN3CCC(C)CC3)c(C(=O)O)c21. The van der Waals surface area contributed by atoms with Crippen LogP contribution < -0.4 is 5.32 Å². The molecule has 0 radical (unpaired) electrons. The number of piperidine rings is 1. The molecule has 0 bridgehead atoms. The smallest absolute Gasteiger partial charge is 0.339 e. The topological polar surface area (TPSA) is 52.6 Å². The molecule has 2 N–H and O–H groups in total. The maximum absolute atomic E-state index is 12.0. The van der Waals surface area contributed by atoms with Gasteiger partial charge in [-0.15, -0.1) is 11.3 Å². The van der Waals surface area contributed by atoms with E-state index in [2.05, 4.69) is 31.0 Å². The fourth-order valence-electron chi connectivity index (χ4n) is 4.58. The second-order valence-corrected chi connectivity index (χ2v) is 9.51. The van der Waals surface area contributed by atoms with Gasteiger partial charge in [0.15, 0.2) is 0 Å². The van der Waals surface area contributed by atoms with E-state index in [4.69, 9.17) is 0 Å². The number of thiophene rings is 1. The molecule has 1 aromatic rings. The Bertz CT molecular complexity index is 620. The summed E-state index contributed by atoms with van der Waals surface area (Å²) in [4.78, 5) is 15.8. The van der Waals surface area contributed by atoms with Crippen LogP contribution in [0.25, 0.3) is 0 Å². The molecule has 2 heterocycles. The Labute approximate surface area is 162 Å². The van der Waals surface area contributed by atoms with Crippen LogP contribution in [-0.4, -0.2) is 42.2 Å². The van der Waals surface area contributed by atoms with Crippen LogP contribution in [0, 0.1) is 11.8 Å². The molecule has 1 fully saturated rings. The molecular formula is C21H34N2O2S. The van der Waals surface area contributed by atoms with E-state index in [1.165, 1.54) is 30.8 Å². The maximum atomic E-state index is 12.0. The van der Waals surface area contributed by atoms with Crippen LogP contribution in [0.2, 0.25) is 0 Å². The van der Waals surface area contributed by atoms with Gasteiger partial charge in [0, 0.05) is 11.4 Å². The van der Waals surface area contributed by atoms with Crippen molar-refractivity contribution in [3.8, 4) is 0 Å². The number of carboxylic acids is 1. The van der Waals surface area contributed by atoms with Gasteiger partial charge in [-0.2, -0.15) is 0 Å². The maximum Gasteiger partial charge on any atom is 0.339 e. The summed E-state index contributed by atoms with van der Waals surface area (Å²) in [6.07, 6.45) is 6.87. The molecule has 0 aromatic carbocycles. The summed E-state index contributed by atoms with van der Waals surface area (Å²) in [5, 5.41) is 14.2. The molecule has 1 aliphatic carbocycles. The van der Waals surface area contributed by atoms with E-state index in [1.54, 1.807) is 11.3 Å². The summed E-state index contributed by atoms with van der Waals surface area (Å²) >= 11 is 1.69. The summed E-state index contributed by atoms with van der Waals surface area (Å²) in [6, 6.07) is 0. The average molecular weight is 379 g/mol. The first kappa shape index (κ1) is 19.7. The molecule has 4 nitrogen and oxygen atoms in total. The van der Waals surface area contributed by atoms with Crippen molar-refractivity contribution in [2.75, 3.05) is 31.5 Å². The summed E-state index contributed by atoms with van der Waals surface area (Å²) in [5.74, 6) is 1.17. The monoisotopic (exact) mass is 378 g/mol. The fourth-order valence-corrected chi connectivity index (χ4v) is 6.04. The second kappa shape index (κ2) is 8.75. The van der Waals surface area contributed by atoms with Crippen LogP contribution in [0.4, 0.5) is 5.00 Å². The van der Waals surface area contributed by atoms with Crippen LogP contribution in [0.15, 0.2) is 0 Å². The van der Waals surface area contributed by atoms with E-state index in [0.717, 1.165) is 55.3 Å². The molecule has 5 heteroatoms. The predicted octanol–water partition coefficient (Wildman–Crippen LogP) is 5.06. The fraction of sp³-hybridized carbons (Fsp3) is 0.762. The molecule has 146 valence electrons. The van der Waals surface area contributed by atoms with Gasteiger partial charge in [0.05, 0.1) is 5.56 Å². The number of carbonyl (C=O) groups is 1. The first-order valence-corrected chi connectivity index (χ1v) is 11.2. The third kappa shape index (κ3) is 4.42. The minimum absolute atomic E-state index is 0.405. The zero-order valence-electron chi connectivity index (χ0n) is 16.5. The highest BCUT2D eigenvalue weighted by atomic mass is 32.1. The largest absolute Gasteiger partial charge is 0.478 e. The second-order valence-electron chi connectivity index (χ2n) is 8.40. The number of nitrogens with one attached hydrogen (secondary N) is 1. The van der Waals surface area contributed by atoms with Crippen LogP contribution in [0.1, 0.15) is 79.6 Å². The minimum Gasteiger partial charge on any atom is -0.478 e. The van der Waals surface area contributed by atoms with Crippen LogP contribution in [-0.2, 0) is 6.42 Å². The van der Waals surface area contributed by atoms with Crippen molar-refractivity contribution in [2.45, 2.75) is 65.2 Å². The highest BCUT2D eigenvalue weighted by Crippen LogP contribution is 2.46. The summed E-state index contributed by atoms with van der Waals surface area (Å²) in [7, 11) is 0. The van der Waals surface area contributed by atoms with E-state index >= 15 is 0 Å². The Kier molecular flexibility index (Phi) is 6.62. The Balaban J connectivity index is 1.62. The van der Waals surface area contributed by atoms with Gasteiger partial charge in [-0.25, -0.2) is 4.79 Å². The van der Waals surface area contributed by atoms with Crippen LogP contribution in [0.5, 0.6) is 0 Å². The highest BCUT2D eigenvalue weighted by Gasteiger charge is 2.32. The predicted molar refractivity (Wildman–Crippen MR) is 110 cm³/mol. The van der Waals surface area contributed by atoms with Crippen LogP contribution >= 0.6 is 11.3 Å². The molecule has 0 spiro atoms. The lowest BCUT2D eigenvalue weighted by Crippen LogP contribution is -2.34. The van der Waals surface area contributed by atoms with Gasteiger partial charge in [-0.1, -0.05) is 20.8 Å². The van der Waals surface area contributed by atoms with Gasteiger partial charge in [0.1, 0.15) is 5.00 Å². The van der Waals surface area contributed by atoms with Crippen molar-refractivity contribution in [1.82, 2.24) is 4.90 Å². The van der Waals surface area contributed by atoms with Crippen molar-refractivity contribution in [3.63, 3.8) is 0 Å². The van der Waals surface area contributed by atoms with Crippen molar-refractivity contribution < 1.29 is 9.90 Å². The highest BCUT2D eigenvalue weighted by molar-refractivity contribution is 7.16. The Morgan fingerprint density at radius 1 is 1.27 bits per heavy atom. The molecule has 3 rings (SSSR count). The zero-order valence-corrected chi connectivity index (χ0v) is 17.3. The number of anilines is 1. The third-order valence-electron chi connectivity index (χ3n) is 6.17. The Hall–Kier alpha value is -1.07. The number of fused-ring (bicyclic) bond motifs is 1. The zero-order chi connectivity index (χ0) is 18.7. The number of nitrogens with zero attached hydrogens (tertiary/aromatic N) is 1. The summed E-state index contributed by atoms with van der Waals surface area (Å²) in [6.45, 7) is 11.2. The minimum atomic E-state index is -0.761. The normalized spacial score (nSPS) is 24.4. The van der Waals surface area contributed by atoms with Gasteiger partial charge in [-0.3, -0.25) is 0 Å². The first-order valence-electron chi connectivity index (χ1n) is 10.3. The lowest BCUT2D eigenvalue weighted by Gasteiger charge is -2.30. The number of hydrogen-bond acceptors (Lipinski definition) is 4. The first-order chi connectivity index (χ1) is 12.5. The molecule has 2 aliphatic rings. The quantitative estimate of drug-likeness (QED) is 0.652. The van der Waals surface area contributed by atoms with Crippen molar-refractivity contribution in [1.29, 1.82) is 0 Å². The summed E-state index contributed by atoms with van der Waals surface area (Å²) < 4.78 is 0. The molecule has 1 aliphatic heterocycles. The number of rotatable bonds is 7. The summed E-state index contributed by atoms with van der Waals surface area (Å²) in [5.41, 5.74) is 1.70. The third-order valence-corrected chi connectivity index (χ3v) is 7.36. The molecule has 0 amide bonds. The van der Waals surface area contributed by atoms with E-state index in [-0.39, 0.29) is 0 Å². The van der Waals surface area contributed by atoms with E-state index in [9.17, 15) is 9.90 Å². The van der Waals surface area contributed by atoms with E-state index in [0.29, 0.717) is 17.4 Å². The average Bonchev–Trinajstić information content (AvgIpc) is 2.97. The Morgan fingerprint density at radius 2 is 2.00 bits per heavy atom. The van der Waals surface area contributed by atoms with E-state index in [1.807, 2.05) is 0 Å². The van der Waals surface area contributed by atoms with Gasteiger partial charge in [0.25, 0.3) is 0 Å². The molecule has 2 unspecified atom stereocenters. The molecular weight excluding hydrogens is 344 g/mol. The number of likely N-dealkylation sites (tertiary alicyclic amines) is 1. The van der Waals surface area contributed by atoms with Gasteiger partial charge in [0.2, 0.25) is 0 Å². The van der Waals surface area contributed by atoms with Gasteiger partial charge >= 0.3 is 5.97 Å². The van der Waals surface area contributed by atoms with E-state index < -0.39 is 5.97 Å². The number of hydrogen-bond donors (Lipinski definition) is 2. The van der Waals surface area contributed by atoms with Gasteiger partial charge in [-0.05, 0) is 81.5 Å². The lowest BCUT2D eigenvalue weighted by molar-refractivity contribution is 0.0696. The number of carboxylic acid groups (broad SMARTS) is 1. The van der Waals surface area contributed by atoms with Crippen molar-refractivity contribution in [3.05, 3.63) is 16.0 Å². The van der Waals surface area contributed by atoms with Crippen LogP contribution in [0.3, 0.4) is 0 Å². The standard InChI is InChI=1S/C21H34N2O2S/c1-4-16-12-15(3)13-17-18(16)19(21(24)25)20(26-17)22-8-5-9-23-10-6-14(2)7-11-23/h14-16,22H,4-13H2,1-3H3,(H,24,25). The van der Waals surface area contributed by atoms with Crippen molar-refractivity contribution >= 4 is 22.3 Å². The molecule has 1 saturated heterocycles. The molecule has 1 aromatic heterocycles. The molecule has 26 heavy (non-hydrogen) atoms. The van der Waals surface area contributed by atoms with Gasteiger partial charge < -0.3 is 15.3 Å². The molecule has 0 saturated carbocycles. The lowest BCUT2D eigenvalue weighted by atomic mass is 9.78. The number of aromatic carboxylic acids is 1.